The molecule has 1 saturated heterocycles. The van der Waals surface area contributed by atoms with Gasteiger partial charge in [-0.25, -0.2) is 0 Å². The molecule has 0 saturated carbocycles. The molecule has 3 nitrogen and oxygen atoms in total. The van der Waals surface area contributed by atoms with E-state index in [4.69, 9.17) is 4.74 Å². The van der Waals surface area contributed by atoms with Crippen LogP contribution in [0.5, 0.6) is 0 Å². The SMILES string of the molecule is C=C(C)COCCN1CC(c2ccccc2)NCC1C. The van der Waals surface area contributed by atoms with Crippen molar-refractivity contribution in [3.63, 3.8) is 0 Å². The Bertz CT molecular complexity index is 418. The van der Waals surface area contributed by atoms with Crippen LogP contribution >= 0.6 is 0 Å². The molecule has 110 valence electrons. The third-order valence-corrected chi connectivity index (χ3v) is 3.77. The molecule has 0 spiro atoms. The van der Waals surface area contributed by atoms with Crippen molar-refractivity contribution in [2.75, 3.05) is 32.8 Å². The Morgan fingerprint density at radius 1 is 1.40 bits per heavy atom. The second-order valence-corrected chi connectivity index (χ2v) is 5.73. The van der Waals surface area contributed by atoms with Crippen LogP contribution in [0.4, 0.5) is 0 Å². The normalized spacial score (nSPS) is 23.7. The number of hydrogen-bond acceptors (Lipinski definition) is 3. The molecular weight excluding hydrogens is 248 g/mol. The van der Waals surface area contributed by atoms with Gasteiger partial charge in [0.25, 0.3) is 0 Å². The molecule has 2 unspecified atom stereocenters. The first kappa shape index (κ1) is 15.2. The predicted octanol–water partition coefficient (Wildman–Crippen LogP) is 2.61. The highest BCUT2D eigenvalue weighted by atomic mass is 16.5. The molecule has 0 aromatic heterocycles. The summed E-state index contributed by atoms with van der Waals surface area (Å²) in [5, 5.41) is 3.63. The molecule has 1 aromatic rings. The molecule has 2 atom stereocenters. The Morgan fingerprint density at radius 3 is 2.85 bits per heavy atom. The number of ether oxygens (including phenoxy) is 1. The van der Waals surface area contributed by atoms with E-state index in [1.54, 1.807) is 0 Å². The maximum atomic E-state index is 5.63. The summed E-state index contributed by atoms with van der Waals surface area (Å²) in [6, 6.07) is 11.7. The summed E-state index contributed by atoms with van der Waals surface area (Å²) in [5.41, 5.74) is 2.45. The molecule has 3 heteroatoms. The fraction of sp³-hybridized carbons (Fsp3) is 0.529. The topological polar surface area (TPSA) is 24.5 Å². The van der Waals surface area contributed by atoms with Crippen molar-refractivity contribution in [1.29, 1.82) is 0 Å². The van der Waals surface area contributed by atoms with E-state index in [0.717, 1.165) is 31.8 Å². The molecule has 1 heterocycles. The average molecular weight is 274 g/mol. The fourth-order valence-corrected chi connectivity index (χ4v) is 2.57. The van der Waals surface area contributed by atoms with Gasteiger partial charge in [-0.1, -0.05) is 42.5 Å². The minimum Gasteiger partial charge on any atom is -0.376 e. The van der Waals surface area contributed by atoms with Crippen LogP contribution in [0.1, 0.15) is 25.5 Å². The second kappa shape index (κ2) is 7.58. The number of benzene rings is 1. The summed E-state index contributed by atoms with van der Waals surface area (Å²) >= 11 is 0. The van der Waals surface area contributed by atoms with E-state index in [-0.39, 0.29) is 0 Å². The van der Waals surface area contributed by atoms with Crippen molar-refractivity contribution < 1.29 is 4.74 Å². The quantitative estimate of drug-likeness (QED) is 0.637. The van der Waals surface area contributed by atoms with Crippen LogP contribution in [0.3, 0.4) is 0 Å². The first-order valence-electron chi connectivity index (χ1n) is 7.41. The maximum Gasteiger partial charge on any atom is 0.0672 e. The molecule has 2 rings (SSSR count). The largest absolute Gasteiger partial charge is 0.376 e. The number of hydrogen-bond donors (Lipinski definition) is 1. The zero-order valence-electron chi connectivity index (χ0n) is 12.6. The van der Waals surface area contributed by atoms with E-state index in [2.05, 4.69) is 54.1 Å². The molecule has 1 aromatic carbocycles. The molecule has 1 aliphatic heterocycles. The van der Waals surface area contributed by atoms with Crippen molar-refractivity contribution in [3.05, 3.63) is 48.0 Å². The van der Waals surface area contributed by atoms with E-state index in [0.29, 0.717) is 18.7 Å². The summed E-state index contributed by atoms with van der Waals surface area (Å²) in [4.78, 5) is 2.51. The van der Waals surface area contributed by atoms with Gasteiger partial charge in [-0.15, -0.1) is 0 Å². The van der Waals surface area contributed by atoms with Crippen LogP contribution < -0.4 is 5.32 Å². The summed E-state index contributed by atoms with van der Waals surface area (Å²) in [6.07, 6.45) is 0. The van der Waals surface area contributed by atoms with E-state index < -0.39 is 0 Å². The first-order chi connectivity index (χ1) is 9.66. The van der Waals surface area contributed by atoms with Gasteiger partial charge in [0.2, 0.25) is 0 Å². The van der Waals surface area contributed by atoms with Crippen LogP contribution in [0.15, 0.2) is 42.5 Å². The van der Waals surface area contributed by atoms with E-state index in [1.165, 1.54) is 5.56 Å². The lowest BCUT2D eigenvalue weighted by Gasteiger charge is -2.39. The number of piperazine rings is 1. The molecule has 1 fully saturated rings. The van der Waals surface area contributed by atoms with Crippen molar-refractivity contribution >= 4 is 0 Å². The highest BCUT2D eigenvalue weighted by molar-refractivity contribution is 5.20. The van der Waals surface area contributed by atoms with Crippen LogP contribution in [-0.4, -0.2) is 43.8 Å². The summed E-state index contributed by atoms with van der Waals surface area (Å²) in [6.45, 7) is 12.6. The minimum atomic E-state index is 0.425. The van der Waals surface area contributed by atoms with Gasteiger partial charge in [-0.3, -0.25) is 4.90 Å². The monoisotopic (exact) mass is 274 g/mol. The maximum absolute atomic E-state index is 5.63. The third kappa shape index (κ3) is 4.44. The minimum absolute atomic E-state index is 0.425. The molecule has 20 heavy (non-hydrogen) atoms. The molecule has 0 radical (unpaired) electrons. The standard InChI is InChI=1S/C17H26N2O/c1-14(2)13-20-10-9-19-12-17(18-11-15(19)3)16-7-5-4-6-8-16/h4-8,15,17-18H,1,9-13H2,2-3H3. The van der Waals surface area contributed by atoms with Gasteiger partial charge < -0.3 is 10.1 Å². The van der Waals surface area contributed by atoms with Crippen molar-refractivity contribution in [2.24, 2.45) is 0 Å². The Labute approximate surface area is 122 Å². The average Bonchev–Trinajstić information content (AvgIpc) is 2.46. The predicted molar refractivity (Wildman–Crippen MR) is 83.9 cm³/mol. The second-order valence-electron chi connectivity index (χ2n) is 5.73. The van der Waals surface area contributed by atoms with E-state index >= 15 is 0 Å². The van der Waals surface area contributed by atoms with Gasteiger partial charge in [-0.2, -0.15) is 0 Å². The summed E-state index contributed by atoms with van der Waals surface area (Å²) in [7, 11) is 0. The Kier molecular flexibility index (Phi) is 5.77. The van der Waals surface area contributed by atoms with Gasteiger partial charge in [-0.05, 0) is 19.4 Å². The smallest absolute Gasteiger partial charge is 0.0672 e. The Balaban J connectivity index is 1.84. The number of nitrogens with zero attached hydrogens (tertiary/aromatic N) is 1. The van der Waals surface area contributed by atoms with E-state index in [9.17, 15) is 0 Å². The molecule has 1 N–H and O–H groups in total. The summed E-state index contributed by atoms with van der Waals surface area (Å²) < 4.78 is 5.63. The molecular formula is C17H26N2O. The van der Waals surface area contributed by atoms with Crippen molar-refractivity contribution in [3.8, 4) is 0 Å². The Morgan fingerprint density at radius 2 is 2.15 bits per heavy atom. The highest BCUT2D eigenvalue weighted by Crippen LogP contribution is 2.19. The van der Waals surface area contributed by atoms with Gasteiger partial charge >= 0.3 is 0 Å². The summed E-state index contributed by atoms with van der Waals surface area (Å²) in [5.74, 6) is 0. The van der Waals surface area contributed by atoms with Crippen molar-refractivity contribution in [1.82, 2.24) is 10.2 Å². The lowest BCUT2D eigenvalue weighted by Crippen LogP contribution is -2.52. The van der Waals surface area contributed by atoms with Crippen LogP contribution in [-0.2, 0) is 4.74 Å². The van der Waals surface area contributed by atoms with E-state index in [1.807, 2.05) is 6.92 Å². The first-order valence-corrected chi connectivity index (χ1v) is 7.41. The zero-order chi connectivity index (χ0) is 14.4. The van der Waals surface area contributed by atoms with Gasteiger partial charge in [0, 0.05) is 31.7 Å². The highest BCUT2D eigenvalue weighted by Gasteiger charge is 2.25. The lowest BCUT2D eigenvalue weighted by molar-refractivity contribution is 0.0793. The van der Waals surface area contributed by atoms with Gasteiger partial charge in [0.1, 0.15) is 0 Å². The molecule has 1 aliphatic rings. The van der Waals surface area contributed by atoms with Gasteiger partial charge in [0.05, 0.1) is 13.2 Å². The number of rotatable bonds is 6. The van der Waals surface area contributed by atoms with Crippen LogP contribution in [0.25, 0.3) is 0 Å². The lowest BCUT2D eigenvalue weighted by atomic mass is 10.0. The van der Waals surface area contributed by atoms with Gasteiger partial charge in [0.15, 0.2) is 0 Å². The molecule has 0 aliphatic carbocycles. The fourth-order valence-electron chi connectivity index (χ4n) is 2.57. The number of nitrogens with one attached hydrogen (secondary N) is 1. The third-order valence-electron chi connectivity index (χ3n) is 3.77. The zero-order valence-corrected chi connectivity index (χ0v) is 12.6. The molecule has 0 bridgehead atoms. The molecule has 0 amide bonds. The Hall–Kier alpha value is -1.16. The van der Waals surface area contributed by atoms with Crippen LogP contribution in [0, 0.1) is 0 Å². The van der Waals surface area contributed by atoms with Crippen LogP contribution in [0.2, 0.25) is 0 Å². The van der Waals surface area contributed by atoms with Crippen molar-refractivity contribution in [2.45, 2.75) is 25.9 Å².